The minimum Gasteiger partial charge on any atom is -0.484 e. The lowest BCUT2D eigenvalue weighted by Gasteiger charge is -2.06. The molecule has 1 aromatic carbocycles. The normalized spacial score (nSPS) is 10.6. The van der Waals surface area contributed by atoms with Gasteiger partial charge < -0.3 is 14.5 Å². The SMILES string of the molecule is CNCc1coc(COc2cc(F)ccc2Br)c1. The zero-order chi connectivity index (χ0) is 13.0. The van der Waals surface area contributed by atoms with Crippen molar-refractivity contribution < 1.29 is 13.5 Å². The third kappa shape index (κ3) is 3.34. The number of nitrogens with one attached hydrogen (secondary N) is 1. The Bertz CT molecular complexity index is 527. The van der Waals surface area contributed by atoms with Gasteiger partial charge in [0.2, 0.25) is 0 Å². The molecule has 0 amide bonds. The molecule has 1 N–H and O–H groups in total. The lowest BCUT2D eigenvalue weighted by molar-refractivity contribution is 0.267. The van der Waals surface area contributed by atoms with Gasteiger partial charge in [-0.3, -0.25) is 0 Å². The third-order valence-corrected chi connectivity index (χ3v) is 3.01. The Hall–Kier alpha value is -1.33. The van der Waals surface area contributed by atoms with Gasteiger partial charge in [-0.25, -0.2) is 4.39 Å². The molecule has 2 rings (SSSR count). The fourth-order valence-corrected chi connectivity index (χ4v) is 1.90. The summed E-state index contributed by atoms with van der Waals surface area (Å²) in [6.07, 6.45) is 1.68. The summed E-state index contributed by atoms with van der Waals surface area (Å²) in [5.41, 5.74) is 1.05. The number of furan rings is 1. The fourth-order valence-electron chi connectivity index (χ4n) is 1.54. The van der Waals surface area contributed by atoms with Crippen LogP contribution in [0.25, 0.3) is 0 Å². The molecule has 0 unspecified atom stereocenters. The standard InChI is InChI=1S/C13H13BrFNO2/c1-16-6-9-4-11(17-7-9)8-18-13-5-10(15)2-3-12(13)14/h2-5,7,16H,6,8H2,1H3. The molecule has 2 aromatic rings. The van der Waals surface area contributed by atoms with Crippen molar-refractivity contribution in [3.8, 4) is 5.75 Å². The summed E-state index contributed by atoms with van der Waals surface area (Å²) in [6, 6.07) is 6.22. The van der Waals surface area contributed by atoms with Crippen molar-refractivity contribution in [3.05, 3.63) is 52.1 Å². The summed E-state index contributed by atoms with van der Waals surface area (Å²) in [5.74, 6) is 0.835. The van der Waals surface area contributed by atoms with Gasteiger partial charge in [0.1, 0.15) is 23.9 Å². The first kappa shape index (κ1) is 13.1. The van der Waals surface area contributed by atoms with Crippen molar-refractivity contribution in [1.29, 1.82) is 0 Å². The quantitative estimate of drug-likeness (QED) is 0.917. The molecule has 0 spiro atoms. The van der Waals surface area contributed by atoms with E-state index in [1.165, 1.54) is 12.1 Å². The molecule has 0 aliphatic heterocycles. The monoisotopic (exact) mass is 313 g/mol. The van der Waals surface area contributed by atoms with Crippen LogP contribution >= 0.6 is 15.9 Å². The van der Waals surface area contributed by atoms with Crippen molar-refractivity contribution in [2.45, 2.75) is 13.2 Å². The van der Waals surface area contributed by atoms with Crippen LogP contribution in [0.15, 0.2) is 39.4 Å². The summed E-state index contributed by atoms with van der Waals surface area (Å²) in [4.78, 5) is 0. The van der Waals surface area contributed by atoms with Gasteiger partial charge in [-0.2, -0.15) is 0 Å². The molecule has 0 aliphatic rings. The van der Waals surface area contributed by atoms with Gasteiger partial charge in [-0.05, 0) is 41.2 Å². The van der Waals surface area contributed by atoms with Gasteiger partial charge in [0.05, 0.1) is 10.7 Å². The van der Waals surface area contributed by atoms with Gasteiger partial charge in [0, 0.05) is 18.2 Å². The molecule has 0 saturated carbocycles. The highest BCUT2D eigenvalue weighted by atomic mass is 79.9. The highest BCUT2D eigenvalue weighted by Gasteiger charge is 2.06. The lowest BCUT2D eigenvalue weighted by Crippen LogP contribution is -2.03. The first-order valence-corrected chi connectivity index (χ1v) is 6.27. The Morgan fingerprint density at radius 1 is 1.39 bits per heavy atom. The van der Waals surface area contributed by atoms with Gasteiger partial charge in [-0.15, -0.1) is 0 Å². The van der Waals surface area contributed by atoms with E-state index in [9.17, 15) is 4.39 Å². The van der Waals surface area contributed by atoms with E-state index < -0.39 is 0 Å². The van der Waals surface area contributed by atoms with Crippen molar-refractivity contribution in [2.24, 2.45) is 0 Å². The van der Waals surface area contributed by atoms with Crippen LogP contribution in [0.5, 0.6) is 5.75 Å². The second-order valence-corrected chi connectivity index (χ2v) is 4.67. The van der Waals surface area contributed by atoms with Crippen LogP contribution in [0.3, 0.4) is 0 Å². The Morgan fingerprint density at radius 3 is 3.00 bits per heavy atom. The van der Waals surface area contributed by atoms with Crippen molar-refractivity contribution in [2.75, 3.05) is 7.05 Å². The molecule has 1 aromatic heterocycles. The molecule has 0 aliphatic carbocycles. The topological polar surface area (TPSA) is 34.4 Å². The number of ether oxygens (including phenoxy) is 1. The Labute approximate surface area is 113 Å². The smallest absolute Gasteiger partial charge is 0.146 e. The van der Waals surface area contributed by atoms with Crippen molar-refractivity contribution >= 4 is 15.9 Å². The summed E-state index contributed by atoms with van der Waals surface area (Å²) in [7, 11) is 1.87. The fraction of sp³-hybridized carbons (Fsp3) is 0.231. The third-order valence-electron chi connectivity index (χ3n) is 2.35. The number of hydrogen-bond donors (Lipinski definition) is 1. The summed E-state index contributed by atoms with van der Waals surface area (Å²) in [5, 5.41) is 3.03. The highest BCUT2D eigenvalue weighted by Crippen LogP contribution is 2.26. The minimum atomic E-state index is -0.330. The molecule has 0 bridgehead atoms. The number of halogens is 2. The maximum absolute atomic E-state index is 13.0. The van der Waals surface area contributed by atoms with E-state index in [4.69, 9.17) is 9.15 Å². The average Bonchev–Trinajstić information content (AvgIpc) is 2.79. The maximum atomic E-state index is 13.0. The van der Waals surface area contributed by atoms with Gasteiger partial charge >= 0.3 is 0 Å². The van der Waals surface area contributed by atoms with Gasteiger partial charge in [-0.1, -0.05) is 0 Å². The second-order valence-electron chi connectivity index (χ2n) is 3.82. The summed E-state index contributed by atoms with van der Waals surface area (Å²) < 4.78 is 24.6. The highest BCUT2D eigenvalue weighted by molar-refractivity contribution is 9.10. The molecular formula is C13H13BrFNO2. The van der Waals surface area contributed by atoms with E-state index in [2.05, 4.69) is 21.2 Å². The van der Waals surface area contributed by atoms with Crippen molar-refractivity contribution in [3.63, 3.8) is 0 Å². The molecule has 18 heavy (non-hydrogen) atoms. The molecular weight excluding hydrogens is 301 g/mol. The van der Waals surface area contributed by atoms with Crippen LogP contribution in [0.4, 0.5) is 4.39 Å². The Kier molecular flexibility index (Phi) is 4.38. The van der Waals surface area contributed by atoms with Crippen LogP contribution in [0.2, 0.25) is 0 Å². The number of hydrogen-bond acceptors (Lipinski definition) is 3. The zero-order valence-electron chi connectivity index (χ0n) is 9.87. The first-order chi connectivity index (χ1) is 8.69. The Morgan fingerprint density at radius 2 is 2.22 bits per heavy atom. The number of benzene rings is 1. The van der Waals surface area contributed by atoms with E-state index in [0.29, 0.717) is 16.0 Å². The molecule has 0 radical (unpaired) electrons. The number of rotatable bonds is 5. The second kappa shape index (κ2) is 6.02. The van der Waals surface area contributed by atoms with Gasteiger partial charge in [0.15, 0.2) is 0 Å². The zero-order valence-corrected chi connectivity index (χ0v) is 11.5. The van der Waals surface area contributed by atoms with E-state index >= 15 is 0 Å². The Balaban J connectivity index is 1.99. The van der Waals surface area contributed by atoms with Crippen LogP contribution in [-0.2, 0) is 13.2 Å². The molecule has 1 heterocycles. The van der Waals surface area contributed by atoms with Crippen molar-refractivity contribution in [1.82, 2.24) is 5.32 Å². The lowest BCUT2D eigenvalue weighted by atomic mass is 10.3. The van der Waals surface area contributed by atoms with E-state index in [-0.39, 0.29) is 12.4 Å². The molecule has 3 nitrogen and oxygen atoms in total. The van der Waals surface area contributed by atoms with Crippen LogP contribution in [-0.4, -0.2) is 7.05 Å². The molecule has 0 atom stereocenters. The van der Waals surface area contributed by atoms with Crippen LogP contribution in [0.1, 0.15) is 11.3 Å². The van der Waals surface area contributed by atoms with E-state index in [1.54, 1.807) is 12.3 Å². The molecule has 0 saturated heterocycles. The summed E-state index contributed by atoms with van der Waals surface area (Å²) in [6.45, 7) is 1.01. The minimum absolute atomic E-state index is 0.270. The predicted molar refractivity (Wildman–Crippen MR) is 69.9 cm³/mol. The molecule has 5 heteroatoms. The maximum Gasteiger partial charge on any atom is 0.146 e. The first-order valence-electron chi connectivity index (χ1n) is 5.48. The summed E-state index contributed by atoms with van der Waals surface area (Å²) >= 11 is 3.30. The molecule has 0 fully saturated rings. The van der Waals surface area contributed by atoms with Gasteiger partial charge in [0.25, 0.3) is 0 Å². The molecule has 96 valence electrons. The largest absolute Gasteiger partial charge is 0.484 e. The van der Waals surface area contributed by atoms with Crippen LogP contribution in [0, 0.1) is 5.82 Å². The van der Waals surface area contributed by atoms with E-state index in [0.717, 1.165) is 12.1 Å². The average molecular weight is 314 g/mol. The van der Waals surface area contributed by atoms with Crippen LogP contribution < -0.4 is 10.1 Å². The predicted octanol–water partition coefficient (Wildman–Crippen LogP) is 3.48. The van der Waals surface area contributed by atoms with E-state index in [1.807, 2.05) is 13.1 Å².